The van der Waals surface area contributed by atoms with E-state index >= 15 is 0 Å². The minimum atomic E-state index is 0.362. The first-order valence-corrected chi connectivity index (χ1v) is 19.8. The van der Waals surface area contributed by atoms with Crippen molar-refractivity contribution in [3.05, 3.63) is 168 Å². The molecule has 8 aromatic rings. The molecule has 0 aliphatic carbocycles. The van der Waals surface area contributed by atoms with Gasteiger partial charge in [0.1, 0.15) is 0 Å². The van der Waals surface area contributed by atoms with Crippen LogP contribution < -0.4 is 9.80 Å². The lowest BCUT2D eigenvalue weighted by Gasteiger charge is -2.34. The van der Waals surface area contributed by atoms with Crippen molar-refractivity contribution in [2.24, 2.45) is 0 Å². The van der Waals surface area contributed by atoms with Gasteiger partial charge in [-0.15, -0.1) is 0 Å². The van der Waals surface area contributed by atoms with Crippen LogP contribution in [0.25, 0.3) is 32.3 Å². The van der Waals surface area contributed by atoms with Crippen molar-refractivity contribution in [2.75, 3.05) is 9.80 Å². The molecule has 0 spiro atoms. The zero-order chi connectivity index (χ0) is 37.7. The third kappa shape index (κ3) is 5.99. The molecule has 0 saturated heterocycles. The molecule has 270 valence electrons. The quantitative estimate of drug-likeness (QED) is 0.131. The van der Waals surface area contributed by atoms with Crippen molar-refractivity contribution in [3.8, 4) is 0 Å². The Balaban J connectivity index is 1.46. The van der Waals surface area contributed by atoms with Crippen LogP contribution >= 0.6 is 0 Å². The van der Waals surface area contributed by atoms with Crippen LogP contribution in [0, 0.1) is 0 Å². The van der Waals surface area contributed by atoms with Gasteiger partial charge in [-0.3, -0.25) is 0 Å². The molecule has 2 heteroatoms. The van der Waals surface area contributed by atoms with Crippen LogP contribution in [0.4, 0.5) is 34.1 Å². The first-order valence-electron chi connectivity index (χ1n) is 19.8. The Hall–Kier alpha value is -5.60. The van der Waals surface area contributed by atoms with E-state index in [0.717, 1.165) is 0 Å². The predicted octanol–water partition coefficient (Wildman–Crippen LogP) is 16.0. The molecule has 0 atom stereocenters. The van der Waals surface area contributed by atoms with Crippen LogP contribution in [0.15, 0.2) is 146 Å². The van der Waals surface area contributed by atoms with Gasteiger partial charge >= 0.3 is 0 Å². The zero-order valence-corrected chi connectivity index (χ0v) is 33.1. The van der Waals surface area contributed by atoms with Gasteiger partial charge < -0.3 is 9.80 Å². The minimum Gasteiger partial charge on any atom is -0.309 e. The van der Waals surface area contributed by atoms with E-state index in [-0.39, 0.29) is 0 Å². The molecule has 54 heavy (non-hydrogen) atoms. The van der Waals surface area contributed by atoms with E-state index in [4.69, 9.17) is 0 Å². The van der Waals surface area contributed by atoms with E-state index in [2.05, 4.69) is 211 Å². The maximum atomic E-state index is 2.54. The molecule has 0 amide bonds. The Kier molecular flexibility index (Phi) is 9.40. The molecular weight excluding hydrogens is 653 g/mol. The largest absolute Gasteiger partial charge is 0.309 e. The highest BCUT2D eigenvalue weighted by atomic mass is 15.2. The Morgan fingerprint density at radius 1 is 0.315 bits per heavy atom. The lowest BCUT2D eigenvalue weighted by atomic mass is 9.88. The number of hydrogen-bond donors (Lipinski definition) is 0. The van der Waals surface area contributed by atoms with Crippen molar-refractivity contribution in [3.63, 3.8) is 0 Å². The molecule has 0 N–H and O–H groups in total. The lowest BCUT2D eigenvalue weighted by Crippen LogP contribution is -2.16. The molecule has 0 unspecified atom stereocenters. The smallest absolute Gasteiger partial charge is 0.0540 e. The SMILES string of the molecule is CC(C)c1cccc(C(C)C)c1N(c1ccccc1)c1ccc2ccc3c(N(c4ccccc4)c4c(C(C)C)cccc4C(C)C)ccc4ccc1c2c43. The summed E-state index contributed by atoms with van der Waals surface area (Å²) in [5, 5.41) is 7.67. The van der Waals surface area contributed by atoms with Crippen LogP contribution in [0.1, 0.15) is 101 Å². The first kappa shape index (κ1) is 35.4. The summed E-state index contributed by atoms with van der Waals surface area (Å²) < 4.78 is 0. The van der Waals surface area contributed by atoms with Crippen molar-refractivity contribution in [1.29, 1.82) is 0 Å². The fourth-order valence-corrected chi connectivity index (χ4v) is 8.63. The molecule has 0 aliphatic heterocycles. The number of hydrogen-bond acceptors (Lipinski definition) is 2. The Morgan fingerprint density at radius 3 is 0.944 bits per heavy atom. The third-order valence-electron chi connectivity index (χ3n) is 11.3. The van der Waals surface area contributed by atoms with E-state index in [1.165, 1.54) is 88.7 Å². The number of anilines is 6. The number of nitrogens with zero attached hydrogens (tertiary/aromatic N) is 2. The molecule has 0 aromatic heterocycles. The molecule has 0 bridgehead atoms. The molecule has 8 aromatic carbocycles. The lowest BCUT2D eigenvalue weighted by molar-refractivity contribution is 0.831. The van der Waals surface area contributed by atoms with Gasteiger partial charge in [0.2, 0.25) is 0 Å². The summed E-state index contributed by atoms with van der Waals surface area (Å²) in [7, 11) is 0. The van der Waals surface area contributed by atoms with Gasteiger partial charge in [-0.25, -0.2) is 0 Å². The molecule has 0 saturated carbocycles. The predicted molar refractivity (Wildman–Crippen MR) is 236 cm³/mol. The summed E-state index contributed by atoms with van der Waals surface area (Å²) in [6.45, 7) is 18.5. The summed E-state index contributed by atoms with van der Waals surface area (Å²) >= 11 is 0. The van der Waals surface area contributed by atoms with Gasteiger partial charge in [0.15, 0.2) is 0 Å². The summed E-state index contributed by atoms with van der Waals surface area (Å²) in [5.74, 6) is 1.45. The Morgan fingerprint density at radius 2 is 0.630 bits per heavy atom. The second-order valence-electron chi connectivity index (χ2n) is 16.1. The average molecular weight is 705 g/mol. The summed E-state index contributed by atoms with van der Waals surface area (Å²) in [5.41, 5.74) is 12.8. The van der Waals surface area contributed by atoms with Crippen LogP contribution in [0.3, 0.4) is 0 Å². The second-order valence-corrected chi connectivity index (χ2v) is 16.1. The Labute approximate surface area is 322 Å². The highest BCUT2D eigenvalue weighted by Gasteiger charge is 2.27. The molecule has 8 rings (SSSR count). The standard InChI is InChI=1S/C52H52N2/c1-33(2)41-21-15-22-42(34(3)4)51(41)53(39-17-11-9-12-18-39)47-31-27-37-26-30-46-48(32-28-38-25-29-45(47)49(37)50(38)46)54(40-19-13-10-14-20-40)52-43(35(5)6)23-16-24-44(52)36(7)8/h9-36H,1-8H3. The molecular formula is C52H52N2. The normalized spacial score (nSPS) is 12.0. The van der Waals surface area contributed by atoms with Crippen molar-refractivity contribution >= 4 is 66.4 Å². The number of para-hydroxylation sites is 4. The monoisotopic (exact) mass is 704 g/mol. The van der Waals surface area contributed by atoms with Gasteiger partial charge in [-0.05, 0) is 104 Å². The van der Waals surface area contributed by atoms with Gasteiger partial charge in [0, 0.05) is 22.1 Å². The maximum Gasteiger partial charge on any atom is 0.0540 e. The third-order valence-corrected chi connectivity index (χ3v) is 11.3. The molecule has 2 nitrogen and oxygen atoms in total. The fourth-order valence-electron chi connectivity index (χ4n) is 8.63. The minimum absolute atomic E-state index is 0.362. The summed E-state index contributed by atoms with van der Waals surface area (Å²) in [4.78, 5) is 5.09. The van der Waals surface area contributed by atoms with E-state index in [1.807, 2.05) is 0 Å². The fraction of sp³-hybridized carbons (Fsp3) is 0.231. The first-order chi connectivity index (χ1) is 26.2. The van der Waals surface area contributed by atoms with Crippen molar-refractivity contribution in [1.82, 2.24) is 0 Å². The average Bonchev–Trinajstić information content (AvgIpc) is 3.18. The van der Waals surface area contributed by atoms with Gasteiger partial charge in [0.25, 0.3) is 0 Å². The topological polar surface area (TPSA) is 6.48 Å². The second kappa shape index (κ2) is 14.3. The van der Waals surface area contributed by atoms with E-state index in [1.54, 1.807) is 0 Å². The maximum absolute atomic E-state index is 2.54. The van der Waals surface area contributed by atoms with Crippen LogP contribution in [-0.2, 0) is 0 Å². The van der Waals surface area contributed by atoms with E-state index in [9.17, 15) is 0 Å². The van der Waals surface area contributed by atoms with Gasteiger partial charge in [0.05, 0.1) is 22.7 Å². The van der Waals surface area contributed by atoms with Crippen LogP contribution in [0.5, 0.6) is 0 Å². The highest BCUT2D eigenvalue weighted by molar-refractivity contribution is 6.28. The Bertz CT molecular complexity index is 2330. The van der Waals surface area contributed by atoms with Crippen molar-refractivity contribution < 1.29 is 0 Å². The van der Waals surface area contributed by atoms with E-state index < -0.39 is 0 Å². The molecule has 0 fully saturated rings. The molecule has 0 heterocycles. The van der Waals surface area contributed by atoms with Gasteiger partial charge in [-0.1, -0.05) is 165 Å². The number of benzene rings is 8. The molecule has 0 radical (unpaired) electrons. The van der Waals surface area contributed by atoms with Gasteiger partial charge in [-0.2, -0.15) is 0 Å². The molecule has 0 aliphatic rings. The highest BCUT2D eigenvalue weighted by Crippen LogP contribution is 2.51. The van der Waals surface area contributed by atoms with Crippen molar-refractivity contribution in [2.45, 2.75) is 79.1 Å². The summed E-state index contributed by atoms with van der Waals surface area (Å²) in [6, 6.07) is 54.5. The summed E-state index contributed by atoms with van der Waals surface area (Å²) in [6.07, 6.45) is 0. The van der Waals surface area contributed by atoms with E-state index in [0.29, 0.717) is 23.7 Å². The van der Waals surface area contributed by atoms with Crippen LogP contribution in [0.2, 0.25) is 0 Å². The zero-order valence-electron chi connectivity index (χ0n) is 33.1. The van der Waals surface area contributed by atoms with Crippen LogP contribution in [-0.4, -0.2) is 0 Å². The number of rotatable bonds is 10.